The van der Waals surface area contributed by atoms with Crippen LogP contribution < -0.4 is 34.6 Å². The highest BCUT2D eigenvalue weighted by molar-refractivity contribution is 5.95. The highest BCUT2D eigenvalue weighted by Crippen LogP contribution is 2.06. The third-order valence-electron chi connectivity index (χ3n) is 1.73. The molecule has 0 amide bonds. The second-order valence-corrected chi connectivity index (χ2v) is 2.82. The Morgan fingerprint density at radius 1 is 1.33 bits per heavy atom. The van der Waals surface area contributed by atoms with Crippen molar-refractivity contribution in [2.75, 3.05) is 7.05 Å². The minimum absolute atomic E-state index is 0.120. The summed E-state index contributed by atoms with van der Waals surface area (Å²) in [5, 5.41) is 1.68. The standard InChI is InChI=1S/C4H15N11/c1-13-3(14(6)7)10-2(12-5)11-4(13)15(8)9/h3H,5-9H2,1H3,(H,10,12). The van der Waals surface area contributed by atoms with E-state index >= 15 is 0 Å². The lowest BCUT2D eigenvalue weighted by atomic mass is 10.6. The molecule has 1 heterocycles. The molecular weight excluding hydrogens is 202 g/mol. The Kier molecular flexibility index (Phi) is 3.35. The van der Waals surface area contributed by atoms with E-state index in [1.165, 1.54) is 4.90 Å². The van der Waals surface area contributed by atoms with Crippen LogP contribution in [-0.2, 0) is 0 Å². The molecule has 0 aromatic carbocycles. The lowest BCUT2D eigenvalue weighted by molar-refractivity contribution is 0.101. The average molecular weight is 217 g/mol. The Balaban J connectivity index is 2.99. The molecule has 0 saturated carbocycles. The van der Waals surface area contributed by atoms with Crippen LogP contribution in [0.3, 0.4) is 0 Å². The van der Waals surface area contributed by atoms with E-state index in [0.717, 1.165) is 10.2 Å². The van der Waals surface area contributed by atoms with Crippen molar-refractivity contribution >= 4 is 11.9 Å². The summed E-state index contributed by atoms with van der Waals surface area (Å²) in [7, 11) is 1.62. The third-order valence-corrected chi connectivity index (χ3v) is 1.73. The summed E-state index contributed by atoms with van der Waals surface area (Å²) < 4.78 is 0. The Morgan fingerprint density at radius 2 is 1.93 bits per heavy atom. The Hall–Kier alpha value is -1.50. The number of nitrogens with one attached hydrogen (secondary N) is 1. The van der Waals surface area contributed by atoms with Crippen LogP contribution in [0.15, 0.2) is 9.98 Å². The number of hydrogen-bond donors (Lipinski definition) is 6. The zero-order valence-corrected chi connectivity index (χ0v) is 8.20. The van der Waals surface area contributed by atoms with Gasteiger partial charge in [-0.2, -0.15) is 4.99 Å². The summed E-state index contributed by atoms with van der Waals surface area (Å²) in [4.78, 5) is 9.35. The van der Waals surface area contributed by atoms with Crippen LogP contribution in [0.4, 0.5) is 0 Å². The SMILES string of the molecule is CN1C(N(N)N)=NC(NN)=NC1N(N)N. The van der Waals surface area contributed by atoms with Gasteiger partial charge in [0, 0.05) is 7.05 Å². The van der Waals surface area contributed by atoms with E-state index in [2.05, 4.69) is 15.4 Å². The fourth-order valence-electron chi connectivity index (χ4n) is 1.08. The maximum absolute atomic E-state index is 5.38. The predicted molar refractivity (Wildman–Crippen MR) is 54.2 cm³/mol. The molecule has 15 heavy (non-hydrogen) atoms. The van der Waals surface area contributed by atoms with Gasteiger partial charge < -0.3 is 4.90 Å². The fraction of sp³-hybridized carbons (Fsp3) is 0.500. The van der Waals surface area contributed by atoms with E-state index in [9.17, 15) is 0 Å². The van der Waals surface area contributed by atoms with Crippen molar-refractivity contribution in [2.24, 2.45) is 39.2 Å². The number of nitrogens with zero attached hydrogens (tertiary/aromatic N) is 5. The summed E-state index contributed by atoms with van der Waals surface area (Å²) in [5.74, 6) is 27.0. The van der Waals surface area contributed by atoms with Crippen LogP contribution in [-0.4, -0.2) is 40.4 Å². The summed E-state index contributed by atoms with van der Waals surface area (Å²) in [5.41, 5.74) is 2.25. The first kappa shape index (κ1) is 11.6. The Morgan fingerprint density at radius 3 is 2.33 bits per heavy atom. The first-order valence-corrected chi connectivity index (χ1v) is 3.91. The first-order chi connectivity index (χ1) is 6.97. The van der Waals surface area contributed by atoms with Crippen LogP contribution in [0.25, 0.3) is 0 Å². The normalized spacial score (nSPS) is 21.3. The Bertz CT molecular complexity index is 278. The number of guanidine groups is 2. The molecule has 0 aromatic rings. The van der Waals surface area contributed by atoms with Crippen molar-refractivity contribution in [1.29, 1.82) is 0 Å². The number of rotatable bonds is 1. The smallest absolute Gasteiger partial charge is 0.239 e. The van der Waals surface area contributed by atoms with Crippen molar-refractivity contribution in [3.8, 4) is 0 Å². The predicted octanol–water partition coefficient (Wildman–Crippen LogP) is -4.51. The monoisotopic (exact) mass is 217 g/mol. The van der Waals surface area contributed by atoms with Gasteiger partial charge in [-0.25, -0.2) is 27.6 Å². The maximum Gasteiger partial charge on any atom is 0.239 e. The van der Waals surface area contributed by atoms with Crippen LogP contribution in [0.1, 0.15) is 0 Å². The summed E-state index contributed by atoms with van der Waals surface area (Å²) in [6.07, 6.45) is -0.696. The quantitative estimate of drug-likeness (QED) is 0.186. The van der Waals surface area contributed by atoms with E-state index in [0.29, 0.717) is 0 Å². The third kappa shape index (κ3) is 2.30. The molecule has 11 nitrogen and oxygen atoms in total. The molecule has 11 N–H and O–H groups in total. The minimum Gasteiger partial charge on any atom is -0.306 e. The van der Waals surface area contributed by atoms with Crippen molar-refractivity contribution in [1.82, 2.24) is 20.6 Å². The van der Waals surface area contributed by atoms with Crippen LogP contribution in [0.2, 0.25) is 0 Å². The van der Waals surface area contributed by atoms with Gasteiger partial charge in [0.25, 0.3) is 0 Å². The van der Waals surface area contributed by atoms with Crippen LogP contribution in [0, 0.1) is 0 Å². The molecule has 1 rings (SSSR count). The van der Waals surface area contributed by atoms with Crippen LogP contribution >= 0.6 is 0 Å². The lowest BCUT2D eigenvalue weighted by Crippen LogP contribution is -2.63. The van der Waals surface area contributed by atoms with Gasteiger partial charge in [0.05, 0.1) is 0 Å². The van der Waals surface area contributed by atoms with Crippen molar-refractivity contribution in [3.63, 3.8) is 0 Å². The number of aliphatic imine (C=N–C) groups is 2. The molecule has 0 saturated heterocycles. The molecule has 86 valence electrons. The highest BCUT2D eigenvalue weighted by atomic mass is 15.7. The van der Waals surface area contributed by atoms with Gasteiger partial charge in [-0.15, -0.1) is 5.12 Å². The molecule has 1 aliphatic heterocycles. The van der Waals surface area contributed by atoms with Gasteiger partial charge in [0.2, 0.25) is 18.2 Å². The number of nitrogens with two attached hydrogens (primary N) is 5. The highest BCUT2D eigenvalue weighted by Gasteiger charge is 2.27. The van der Waals surface area contributed by atoms with E-state index in [4.69, 9.17) is 29.2 Å². The van der Waals surface area contributed by atoms with E-state index < -0.39 is 6.29 Å². The molecule has 1 atom stereocenters. The van der Waals surface area contributed by atoms with Gasteiger partial charge in [0.1, 0.15) is 0 Å². The van der Waals surface area contributed by atoms with Gasteiger partial charge in [-0.1, -0.05) is 0 Å². The van der Waals surface area contributed by atoms with E-state index in [1.807, 2.05) is 0 Å². The summed E-state index contributed by atoms with van der Waals surface area (Å²) >= 11 is 0. The summed E-state index contributed by atoms with van der Waals surface area (Å²) in [6, 6.07) is 0. The van der Waals surface area contributed by atoms with E-state index in [1.54, 1.807) is 7.05 Å². The van der Waals surface area contributed by atoms with Gasteiger partial charge >= 0.3 is 0 Å². The largest absolute Gasteiger partial charge is 0.306 e. The molecule has 1 unspecified atom stereocenters. The van der Waals surface area contributed by atoms with Crippen molar-refractivity contribution < 1.29 is 0 Å². The zero-order chi connectivity index (χ0) is 11.6. The Labute approximate surface area is 86.0 Å². The van der Waals surface area contributed by atoms with Crippen molar-refractivity contribution in [2.45, 2.75) is 6.29 Å². The molecule has 0 fully saturated rings. The van der Waals surface area contributed by atoms with Crippen molar-refractivity contribution in [3.05, 3.63) is 0 Å². The second-order valence-electron chi connectivity index (χ2n) is 2.82. The maximum atomic E-state index is 5.38. The summed E-state index contributed by atoms with van der Waals surface area (Å²) in [6.45, 7) is 0. The molecule has 11 heteroatoms. The first-order valence-electron chi connectivity index (χ1n) is 3.91. The lowest BCUT2D eigenvalue weighted by Gasteiger charge is -2.35. The zero-order valence-electron chi connectivity index (χ0n) is 8.20. The molecule has 0 bridgehead atoms. The number of hydrogen-bond acceptors (Lipinski definition) is 11. The molecule has 0 radical (unpaired) electrons. The second kappa shape index (κ2) is 4.35. The molecule has 0 aliphatic carbocycles. The minimum atomic E-state index is -0.696. The van der Waals surface area contributed by atoms with E-state index in [-0.39, 0.29) is 11.9 Å². The number of hydrazine groups is 5. The van der Waals surface area contributed by atoms with Gasteiger partial charge in [-0.3, -0.25) is 17.1 Å². The van der Waals surface area contributed by atoms with Gasteiger partial charge in [-0.05, 0) is 0 Å². The molecule has 1 aliphatic rings. The fourth-order valence-corrected chi connectivity index (χ4v) is 1.08. The average Bonchev–Trinajstić information content (AvgIpc) is 2.17. The molecular formula is C4H15N11. The topological polar surface area (TPSA) is 177 Å². The molecule has 0 spiro atoms. The van der Waals surface area contributed by atoms with Gasteiger partial charge in [0.15, 0.2) is 0 Å². The molecule has 0 aromatic heterocycles. The van der Waals surface area contributed by atoms with Crippen LogP contribution in [0.5, 0.6) is 0 Å².